The molecular weight excluding hydrogens is 312 g/mol. The van der Waals surface area contributed by atoms with Crippen LogP contribution in [0.1, 0.15) is 5.89 Å². The lowest BCUT2D eigenvalue weighted by Gasteiger charge is -1.93. The molecule has 0 aliphatic carbocycles. The monoisotopic (exact) mass is 318 g/mol. The van der Waals surface area contributed by atoms with Crippen LogP contribution in [0.15, 0.2) is 20.4 Å². The number of hydrogen-bond donors (Lipinski definition) is 1. The molecule has 2 aromatic heterocycles. The average molecular weight is 319 g/mol. The smallest absolute Gasteiger partial charge is 0.329 e. The van der Waals surface area contributed by atoms with E-state index in [9.17, 15) is 4.79 Å². The standard InChI is InChI=1S/C9H7BrN2O4S/c10-6-2-1-5(17-6)9-11-7(16-12-9)3-15-4-8(13)14/h1-2H,3-4H2,(H,13,14). The van der Waals surface area contributed by atoms with Crippen molar-refractivity contribution in [2.75, 3.05) is 6.61 Å². The van der Waals surface area contributed by atoms with E-state index in [2.05, 4.69) is 26.1 Å². The first kappa shape index (κ1) is 12.2. The lowest BCUT2D eigenvalue weighted by molar-refractivity contribution is -0.142. The van der Waals surface area contributed by atoms with E-state index in [1.165, 1.54) is 11.3 Å². The third kappa shape index (κ3) is 3.35. The van der Waals surface area contributed by atoms with Crippen LogP contribution in [0.3, 0.4) is 0 Å². The molecule has 90 valence electrons. The van der Waals surface area contributed by atoms with Gasteiger partial charge in [-0.1, -0.05) is 5.16 Å². The van der Waals surface area contributed by atoms with Crippen LogP contribution >= 0.6 is 27.3 Å². The van der Waals surface area contributed by atoms with Gasteiger partial charge in [0.15, 0.2) is 0 Å². The van der Waals surface area contributed by atoms with Crippen molar-refractivity contribution in [2.24, 2.45) is 0 Å². The molecule has 0 saturated carbocycles. The summed E-state index contributed by atoms with van der Waals surface area (Å²) < 4.78 is 10.7. The van der Waals surface area contributed by atoms with E-state index in [0.29, 0.717) is 5.82 Å². The number of carbonyl (C=O) groups is 1. The van der Waals surface area contributed by atoms with Gasteiger partial charge in [0.2, 0.25) is 5.82 Å². The quantitative estimate of drug-likeness (QED) is 0.909. The Bertz CT molecular complexity index is 525. The van der Waals surface area contributed by atoms with Gasteiger partial charge in [0, 0.05) is 0 Å². The van der Waals surface area contributed by atoms with Crippen molar-refractivity contribution in [3.63, 3.8) is 0 Å². The number of thiophene rings is 1. The zero-order valence-corrected chi connectivity index (χ0v) is 10.8. The van der Waals surface area contributed by atoms with E-state index in [1.807, 2.05) is 12.1 Å². The predicted molar refractivity (Wildman–Crippen MR) is 62.6 cm³/mol. The maximum absolute atomic E-state index is 10.2. The molecule has 0 unspecified atom stereocenters. The highest BCUT2D eigenvalue weighted by molar-refractivity contribution is 9.11. The van der Waals surface area contributed by atoms with Crippen molar-refractivity contribution in [3.8, 4) is 10.7 Å². The van der Waals surface area contributed by atoms with Crippen LogP contribution in [0.2, 0.25) is 0 Å². The van der Waals surface area contributed by atoms with Crippen LogP contribution in [0.4, 0.5) is 0 Å². The molecule has 0 aromatic carbocycles. The molecule has 1 N–H and O–H groups in total. The van der Waals surface area contributed by atoms with E-state index in [-0.39, 0.29) is 19.1 Å². The van der Waals surface area contributed by atoms with Crippen LogP contribution < -0.4 is 0 Å². The van der Waals surface area contributed by atoms with E-state index in [1.54, 1.807) is 0 Å². The first-order valence-corrected chi connectivity index (χ1v) is 6.14. The summed E-state index contributed by atoms with van der Waals surface area (Å²) in [6, 6.07) is 3.75. The highest BCUT2D eigenvalue weighted by atomic mass is 79.9. The van der Waals surface area contributed by atoms with Gasteiger partial charge in [-0.15, -0.1) is 11.3 Å². The van der Waals surface area contributed by atoms with Gasteiger partial charge >= 0.3 is 5.97 Å². The fourth-order valence-corrected chi connectivity index (χ4v) is 2.39. The third-order valence-electron chi connectivity index (χ3n) is 1.71. The lowest BCUT2D eigenvalue weighted by atomic mass is 10.4. The summed E-state index contributed by atoms with van der Waals surface area (Å²) in [5, 5.41) is 12.2. The number of nitrogens with zero attached hydrogens (tertiary/aromatic N) is 2. The number of rotatable bonds is 5. The number of aromatic nitrogens is 2. The van der Waals surface area contributed by atoms with Crippen molar-refractivity contribution in [1.29, 1.82) is 0 Å². The van der Waals surface area contributed by atoms with Crippen molar-refractivity contribution in [2.45, 2.75) is 6.61 Å². The number of hydrogen-bond acceptors (Lipinski definition) is 6. The van der Waals surface area contributed by atoms with Crippen LogP contribution in [0, 0.1) is 0 Å². The topological polar surface area (TPSA) is 85.5 Å². The van der Waals surface area contributed by atoms with Gasteiger partial charge in [0.05, 0.1) is 8.66 Å². The van der Waals surface area contributed by atoms with Gasteiger partial charge in [0.25, 0.3) is 5.89 Å². The Morgan fingerprint density at radius 2 is 2.41 bits per heavy atom. The number of halogens is 1. The molecule has 17 heavy (non-hydrogen) atoms. The van der Waals surface area contributed by atoms with Crippen LogP contribution in [-0.4, -0.2) is 27.8 Å². The Labute approximate surface area is 108 Å². The predicted octanol–water partition coefficient (Wildman–Crippen LogP) is 2.16. The van der Waals surface area contributed by atoms with Gasteiger partial charge in [0.1, 0.15) is 13.2 Å². The van der Waals surface area contributed by atoms with Crippen molar-refractivity contribution < 1.29 is 19.2 Å². The Balaban J connectivity index is 1.98. The Morgan fingerprint density at radius 1 is 1.59 bits per heavy atom. The summed E-state index contributed by atoms with van der Waals surface area (Å²) in [5.41, 5.74) is 0. The van der Waals surface area contributed by atoms with E-state index in [4.69, 9.17) is 14.4 Å². The second-order valence-corrected chi connectivity index (χ2v) is 5.47. The fourth-order valence-electron chi connectivity index (χ4n) is 1.07. The highest BCUT2D eigenvalue weighted by Crippen LogP contribution is 2.29. The largest absolute Gasteiger partial charge is 0.480 e. The summed E-state index contributed by atoms with van der Waals surface area (Å²) in [4.78, 5) is 15.2. The molecule has 0 amide bonds. The SMILES string of the molecule is O=C(O)COCc1nc(-c2ccc(Br)s2)no1. The van der Waals surface area contributed by atoms with Gasteiger partial charge in [-0.3, -0.25) is 0 Å². The van der Waals surface area contributed by atoms with Crippen molar-refractivity contribution >= 4 is 33.2 Å². The van der Waals surface area contributed by atoms with Crippen LogP contribution in [-0.2, 0) is 16.1 Å². The molecule has 2 aromatic rings. The number of carboxylic acids is 1. The molecule has 0 bridgehead atoms. The average Bonchev–Trinajstić information content (AvgIpc) is 2.86. The lowest BCUT2D eigenvalue weighted by Crippen LogP contribution is -2.06. The summed E-state index contributed by atoms with van der Waals surface area (Å²) in [5.74, 6) is -0.313. The molecule has 0 fully saturated rings. The molecule has 8 heteroatoms. The molecule has 0 spiro atoms. The highest BCUT2D eigenvalue weighted by Gasteiger charge is 2.11. The zero-order valence-electron chi connectivity index (χ0n) is 8.42. The minimum Gasteiger partial charge on any atom is -0.480 e. The molecule has 6 nitrogen and oxygen atoms in total. The molecule has 0 aliphatic heterocycles. The van der Waals surface area contributed by atoms with Crippen molar-refractivity contribution in [3.05, 3.63) is 21.8 Å². The molecular formula is C9H7BrN2O4S. The van der Waals surface area contributed by atoms with Crippen LogP contribution in [0.5, 0.6) is 0 Å². The van der Waals surface area contributed by atoms with Gasteiger partial charge in [-0.2, -0.15) is 4.98 Å². The van der Waals surface area contributed by atoms with E-state index in [0.717, 1.165) is 8.66 Å². The maximum atomic E-state index is 10.2. The molecule has 0 saturated heterocycles. The summed E-state index contributed by atoms with van der Waals surface area (Å²) in [7, 11) is 0. The Morgan fingerprint density at radius 3 is 3.06 bits per heavy atom. The third-order valence-corrected chi connectivity index (χ3v) is 3.33. The molecule has 0 radical (unpaired) electrons. The van der Waals surface area contributed by atoms with Crippen molar-refractivity contribution in [1.82, 2.24) is 10.1 Å². The first-order valence-electron chi connectivity index (χ1n) is 4.53. The maximum Gasteiger partial charge on any atom is 0.329 e. The normalized spacial score (nSPS) is 10.6. The summed E-state index contributed by atoms with van der Waals surface area (Å²) in [6.45, 7) is -0.395. The van der Waals surface area contributed by atoms with Gasteiger partial charge in [-0.25, -0.2) is 4.79 Å². The minimum absolute atomic E-state index is 0.00809. The van der Waals surface area contributed by atoms with E-state index < -0.39 is 5.97 Å². The number of ether oxygens (including phenoxy) is 1. The molecule has 0 atom stereocenters. The fraction of sp³-hybridized carbons (Fsp3) is 0.222. The van der Waals surface area contributed by atoms with Crippen LogP contribution in [0.25, 0.3) is 10.7 Å². The number of carboxylic acid groups (broad SMARTS) is 1. The van der Waals surface area contributed by atoms with Gasteiger partial charge in [-0.05, 0) is 28.1 Å². The second-order valence-electron chi connectivity index (χ2n) is 3.00. The van der Waals surface area contributed by atoms with E-state index >= 15 is 0 Å². The Hall–Kier alpha value is -1.25. The van der Waals surface area contributed by atoms with Gasteiger partial charge < -0.3 is 14.4 Å². The first-order chi connectivity index (χ1) is 8.15. The summed E-state index contributed by atoms with van der Waals surface area (Å²) >= 11 is 4.82. The molecule has 0 aliphatic rings. The minimum atomic E-state index is -1.04. The zero-order chi connectivity index (χ0) is 12.3. The summed E-state index contributed by atoms with van der Waals surface area (Å²) in [6.07, 6.45) is 0. The second kappa shape index (κ2) is 5.39. The molecule has 2 rings (SSSR count). The molecule has 2 heterocycles. The Kier molecular flexibility index (Phi) is 3.87. The number of aliphatic carboxylic acids is 1.